The van der Waals surface area contributed by atoms with Crippen LogP contribution in [-0.4, -0.2) is 6.54 Å². The molecule has 0 aliphatic heterocycles. The summed E-state index contributed by atoms with van der Waals surface area (Å²) in [4.78, 5) is 0. The number of hydrogen-bond acceptors (Lipinski definition) is 2. The number of rotatable bonds is 8. The maximum Gasteiger partial charge on any atom is 0.119 e. The zero-order valence-electron chi connectivity index (χ0n) is 14.3. The molecule has 0 spiro atoms. The Hall–Kier alpha value is -2.06. The highest BCUT2D eigenvalue weighted by Crippen LogP contribution is 2.19. The van der Waals surface area contributed by atoms with E-state index in [0.29, 0.717) is 6.61 Å². The summed E-state index contributed by atoms with van der Waals surface area (Å²) in [7, 11) is 0. The normalized spacial score (nSPS) is 14.2. The van der Waals surface area contributed by atoms with Gasteiger partial charge in [-0.15, -0.1) is 0 Å². The van der Waals surface area contributed by atoms with Gasteiger partial charge in [0.1, 0.15) is 12.4 Å². The van der Waals surface area contributed by atoms with E-state index in [-0.39, 0.29) is 0 Å². The molecule has 24 heavy (non-hydrogen) atoms. The summed E-state index contributed by atoms with van der Waals surface area (Å²) in [5.41, 5.74) is 4.14. The van der Waals surface area contributed by atoms with Crippen LogP contribution in [-0.2, 0) is 13.2 Å². The largest absolute Gasteiger partial charge is 0.489 e. The first-order chi connectivity index (χ1) is 11.9. The molecule has 0 bridgehead atoms. The Morgan fingerprint density at radius 2 is 1.71 bits per heavy atom. The van der Waals surface area contributed by atoms with Crippen LogP contribution in [0.5, 0.6) is 5.75 Å². The first-order valence-corrected chi connectivity index (χ1v) is 9.04. The third-order valence-corrected chi connectivity index (χ3v) is 4.51. The zero-order chi connectivity index (χ0) is 16.5. The Labute approximate surface area is 145 Å². The van der Waals surface area contributed by atoms with Gasteiger partial charge in [-0.25, -0.2) is 0 Å². The summed E-state index contributed by atoms with van der Waals surface area (Å²) < 4.78 is 5.82. The molecule has 0 radical (unpaired) electrons. The Bertz CT molecular complexity index is 631. The molecular weight excluding hydrogens is 294 g/mol. The molecule has 0 aromatic heterocycles. The highest BCUT2D eigenvalue weighted by Gasteiger charge is 2.03. The van der Waals surface area contributed by atoms with Gasteiger partial charge in [-0.1, -0.05) is 54.1 Å². The molecule has 1 aliphatic rings. The van der Waals surface area contributed by atoms with Gasteiger partial charge in [0.25, 0.3) is 0 Å². The highest BCUT2D eigenvalue weighted by atomic mass is 16.5. The minimum atomic E-state index is 0.619. The monoisotopic (exact) mass is 321 g/mol. The van der Waals surface area contributed by atoms with E-state index in [2.05, 4.69) is 47.8 Å². The molecule has 2 aromatic rings. The standard InChI is InChI=1S/C22H27NO/c1-3-7-19(8-4-1)15-16-23-17-20-11-13-22(14-12-20)24-18-21-9-5-2-6-10-21/h2,5-7,9-14,23H,1,3-4,8,15-18H2. The lowest BCUT2D eigenvalue weighted by Crippen LogP contribution is -2.15. The van der Waals surface area contributed by atoms with Gasteiger partial charge in [-0.2, -0.15) is 0 Å². The van der Waals surface area contributed by atoms with E-state index in [1.165, 1.54) is 43.2 Å². The van der Waals surface area contributed by atoms with Crippen LogP contribution in [0.15, 0.2) is 66.2 Å². The van der Waals surface area contributed by atoms with Crippen LogP contribution in [0, 0.1) is 0 Å². The zero-order valence-corrected chi connectivity index (χ0v) is 14.3. The van der Waals surface area contributed by atoms with Crippen LogP contribution in [0.3, 0.4) is 0 Å². The summed E-state index contributed by atoms with van der Waals surface area (Å²) in [5, 5.41) is 3.54. The smallest absolute Gasteiger partial charge is 0.119 e. The van der Waals surface area contributed by atoms with Crippen molar-refractivity contribution in [2.45, 2.75) is 45.3 Å². The van der Waals surface area contributed by atoms with E-state index in [4.69, 9.17) is 4.74 Å². The van der Waals surface area contributed by atoms with Gasteiger partial charge in [0, 0.05) is 6.54 Å². The second-order valence-electron chi connectivity index (χ2n) is 6.45. The molecule has 2 aromatic carbocycles. The predicted molar refractivity (Wildman–Crippen MR) is 100 cm³/mol. The van der Waals surface area contributed by atoms with Gasteiger partial charge in [-0.3, -0.25) is 0 Å². The van der Waals surface area contributed by atoms with Crippen LogP contribution < -0.4 is 10.1 Å². The molecule has 3 rings (SSSR count). The van der Waals surface area contributed by atoms with Gasteiger partial charge < -0.3 is 10.1 Å². The van der Waals surface area contributed by atoms with Crippen LogP contribution >= 0.6 is 0 Å². The Kier molecular flexibility index (Phi) is 6.50. The topological polar surface area (TPSA) is 21.3 Å². The van der Waals surface area contributed by atoms with E-state index in [1.54, 1.807) is 5.57 Å². The Balaban J connectivity index is 1.37. The van der Waals surface area contributed by atoms with Crippen molar-refractivity contribution in [1.82, 2.24) is 5.32 Å². The summed E-state index contributed by atoms with van der Waals surface area (Å²) in [5.74, 6) is 0.926. The lowest BCUT2D eigenvalue weighted by atomic mass is 9.97. The summed E-state index contributed by atoms with van der Waals surface area (Å²) in [6, 6.07) is 18.7. The van der Waals surface area contributed by atoms with Gasteiger partial charge in [0.15, 0.2) is 0 Å². The van der Waals surface area contributed by atoms with Crippen molar-refractivity contribution in [3.8, 4) is 5.75 Å². The number of ether oxygens (including phenoxy) is 1. The van der Waals surface area contributed by atoms with E-state index >= 15 is 0 Å². The maximum absolute atomic E-state index is 5.82. The van der Waals surface area contributed by atoms with Crippen molar-refractivity contribution in [2.24, 2.45) is 0 Å². The summed E-state index contributed by atoms with van der Waals surface area (Å²) in [6.07, 6.45) is 8.95. The summed E-state index contributed by atoms with van der Waals surface area (Å²) >= 11 is 0. The second-order valence-corrected chi connectivity index (χ2v) is 6.45. The first-order valence-electron chi connectivity index (χ1n) is 9.04. The Morgan fingerprint density at radius 3 is 2.46 bits per heavy atom. The molecule has 126 valence electrons. The van der Waals surface area contributed by atoms with Crippen molar-refractivity contribution in [3.05, 3.63) is 77.4 Å². The minimum absolute atomic E-state index is 0.619. The molecule has 0 atom stereocenters. The van der Waals surface area contributed by atoms with Crippen molar-refractivity contribution in [1.29, 1.82) is 0 Å². The summed E-state index contributed by atoms with van der Waals surface area (Å²) in [6.45, 7) is 2.61. The van der Waals surface area contributed by atoms with Gasteiger partial charge >= 0.3 is 0 Å². The SMILES string of the molecule is C1=C(CCNCc2ccc(OCc3ccccc3)cc2)CCCC1. The number of hydrogen-bond donors (Lipinski definition) is 1. The molecule has 0 saturated carbocycles. The fourth-order valence-electron chi connectivity index (χ4n) is 3.06. The fraction of sp³-hybridized carbons (Fsp3) is 0.364. The minimum Gasteiger partial charge on any atom is -0.489 e. The Morgan fingerprint density at radius 1 is 0.875 bits per heavy atom. The van der Waals surface area contributed by atoms with E-state index in [1.807, 2.05) is 18.2 Å². The number of allylic oxidation sites excluding steroid dienone is 1. The van der Waals surface area contributed by atoms with E-state index in [0.717, 1.165) is 18.8 Å². The maximum atomic E-state index is 5.82. The molecule has 1 aliphatic carbocycles. The van der Waals surface area contributed by atoms with Crippen LogP contribution in [0.25, 0.3) is 0 Å². The third kappa shape index (κ3) is 5.54. The predicted octanol–water partition coefficient (Wildman–Crippen LogP) is 5.25. The average molecular weight is 321 g/mol. The van der Waals surface area contributed by atoms with Crippen molar-refractivity contribution >= 4 is 0 Å². The molecule has 0 saturated heterocycles. The highest BCUT2D eigenvalue weighted by molar-refractivity contribution is 5.27. The average Bonchev–Trinajstić information content (AvgIpc) is 2.66. The van der Waals surface area contributed by atoms with Crippen molar-refractivity contribution in [3.63, 3.8) is 0 Å². The molecular formula is C22H27NO. The van der Waals surface area contributed by atoms with E-state index < -0.39 is 0 Å². The van der Waals surface area contributed by atoms with Gasteiger partial charge in [0.05, 0.1) is 0 Å². The van der Waals surface area contributed by atoms with E-state index in [9.17, 15) is 0 Å². The van der Waals surface area contributed by atoms with Gasteiger partial charge in [0.2, 0.25) is 0 Å². The van der Waals surface area contributed by atoms with Crippen LogP contribution in [0.2, 0.25) is 0 Å². The van der Waals surface area contributed by atoms with Crippen LogP contribution in [0.4, 0.5) is 0 Å². The quantitative estimate of drug-likeness (QED) is 0.530. The number of nitrogens with one attached hydrogen (secondary N) is 1. The third-order valence-electron chi connectivity index (χ3n) is 4.51. The molecule has 0 unspecified atom stereocenters. The fourth-order valence-corrected chi connectivity index (χ4v) is 3.06. The van der Waals surface area contributed by atoms with Crippen LogP contribution in [0.1, 0.15) is 43.2 Å². The van der Waals surface area contributed by atoms with Crippen molar-refractivity contribution < 1.29 is 4.74 Å². The van der Waals surface area contributed by atoms with Crippen molar-refractivity contribution in [2.75, 3.05) is 6.54 Å². The van der Waals surface area contributed by atoms with Gasteiger partial charge in [-0.05, 0) is 61.9 Å². The molecule has 2 nitrogen and oxygen atoms in total. The number of benzene rings is 2. The molecule has 1 N–H and O–H groups in total. The first kappa shape index (κ1) is 16.8. The lowest BCUT2D eigenvalue weighted by Gasteiger charge is -2.13. The molecule has 2 heteroatoms. The second kappa shape index (κ2) is 9.29. The molecule has 0 amide bonds. The lowest BCUT2D eigenvalue weighted by molar-refractivity contribution is 0.306. The molecule has 0 fully saturated rings. The molecule has 0 heterocycles.